The Labute approximate surface area is 280 Å². The SMILES string of the molecule is [2H]c1c([2H])c([2H])c(-c2ccc(-c3c4c([2H])c([2H])c([2H])c([2H])c4c(-c4c([2H])c([2H])c([2H])c5oc6c([2H])c7c([2H])c([2H])c([2H])c([2H])c7c([2H])c6c45)c4c([2H])c([2H])c([2H])c([2H])c34)cc2)c([2H])c1[2H]. The van der Waals surface area contributed by atoms with Gasteiger partial charge in [0, 0.05) is 10.8 Å². The second-order valence-electron chi connectivity index (χ2n) is 9.59. The van der Waals surface area contributed by atoms with Gasteiger partial charge in [-0.15, -0.1) is 0 Å². The minimum atomic E-state index is -0.825. The van der Waals surface area contributed by atoms with Crippen LogP contribution >= 0.6 is 0 Å². The van der Waals surface area contributed by atoms with Crippen molar-refractivity contribution in [3.63, 3.8) is 0 Å². The normalized spacial score (nSPS) is 18.9. The van der Waals surface area contributed by atoms with E-state index in [4.69, 9.17) is 26.3 Å². The predicted octanol–water partition coefficient (Wildman–Crippen LogP) is 12.0. The third kappa shape index (κ3) is 3.72. The average Bonchev–Trinajstić information content (AvgIpc) is 3.70. The highest BCUT2D eigenvalue weighted by molar-refractivity contribution is 6.26. The topological polar surface area (TPSA) is 13.1 Å². The van der Waals surface area contributed by atoms with Crippen molar-refractivity contribution in [3.8, 4) is 33.4 Å². The van der Waals surface area contributed by atoms with Gasteiger partial charge in [0.15, 0.2) is 0 Å². The molecule has 0 amide bonds. The van der Waals surface area contributed by atoms with E-state index in [1.165, 1.54) is 24.3 Å². The first-order valence-electron chi connectivity index (χ1n) is 24.0. The van der Waals surface area contributed by atoms with E-state index in [0.717, 1.165) is 0 Å². The lowest BCUT2D eigenvalue weighted by atomic mass is 9.84. The van der Waals surface area contributed by atoms with Gasteiger partial charge in [0.2, 0.25) is 0 Å². The van der Waals surface area contributed by atoms with Gasteiger partial charge in [-0.1, -0.05) is 139 Å². The first-order chi connectivity index (χ1) is 30.5. The molecule has 0 aliphatic rings. The molecule has 1 heterocycles. The van der Waals surface area contributed by atoms with Gasteiger partial charge in [-0.25, -0.2) is 0 Å². The van der Waals surface area contributed by atoms with Crippen LogP contribution in [0.15, 0.2) is 162 Å². The van der Waals surface area contributed by atoms with Crippen molar-refractivity contribution in [3.05, 3.63) is 157 Å². The molecule has 0 unspecified atom stereocenters. The number of rotatable bonds is 3. The Balaban J connectivity index is 1.55. The summed E-state index contributed by atoms with van der Waals surface area (Å²) in [5, 5.41) is -3.14. The summed E-state index contributed by atoms with van der Waals surface area (Å²) >= 11 is 0. The van der Waals surface area contributed by atoms with Crippen LogP contribution in [-0.2, 0) is 0 Å². The van der Waals surface area contributed by atoms with E-state index in [1.807, 2.05) is 0 Å². The molecule has 0 saturated carbocycles. The zero-order chi connectivity index (χ0) is 47.5. The monoisotopic (exact) mass is 568 g/mol. The molecule has 43 heavy (non-hydrogen) atoms. The molecule has 0 N–H and O–H groups in total. The number of hydrogen-bond acceptors (Lipinski definition) is 1. The van der Waals surface area contributed by atoms with Gasteiger partial charge in [-0.2, -0.15) is 0 Å². The maximum atomic E-state index is 9.45. The lowest BCUT2D eigenvalue weighted by Gasteiger charge is -2.18. The maximum absolute atomic E-state index is 9.45. The largest absolute Gasteiger partial charge is 0.456 e. The molecule has 0 aliphatic heterocycles. The minimum absolute atomic E-state index is 0.0818. The molecule has 1 nitrogen and oxygen atoms in total. The summed E-state index contributed by atoms with van der Waals surface area (Å²) in [4.78, 5) is 0. The van der Waals surface area contributed by atoms with Crippen LogP contribution in [0.25, 0.3) is 87.6 Å². The van der Waals surface area contributed by atoms with E-state index in [-0.39, 0.29) is 43.8 Å². The molecule has 0 aliphatic carbocycles. The number of benzene rings is 8. The fourth-order valence-corrected chi connectivity index (χ4v) is 5.47. The second-order valence-corrected chi connectivity index (χ2v) is 9.59. The molecule has 1 heteroatoms. The Bertz CT molecular complexity index is 3620. The molecular formula is C42H26O. The van der Waals surface area contributed by atoms with E-state index < -0.39 is 177 Å². The van der Waals surface area contributed by atoms with E-state index in [2.05, 4.69) is 0 Å². The third-order valence-corrected chi connectivity index (χ3v) is 7.29. The van der Waals surface area contributed by atoms with Gasteiger partial charge in [-0.05, 0) is 83.8 Å². The molecule has 0 bridgehead atoms. The second kappa shape index (κ2) is 9.44. The van der Waals surface area contributed by atoms with Gasteiger partial charge in [0.25, 0.3) is 0 Å². The molecule has 0 saturated heterocycles. The highest BCUT2D eigenvalue weighted by atomic mass is 16.3. The van der Waals surface area contributed by atoms with Crippen molar-refractivity contribution in [2.45, 2.75) is 0 Å². The number of hydrogen-bond donors (Lipinski definition) is 0. The summed E-state index contributed by atoms with van der Waals surface area (Å²) in [5.74, 6) is 0. The first-order valence-corrected chi connectivity index (χ1v) is 13.0. The molecule has 9 aromatic rings. The number of furan rings is 1. The van der Waals surface area contributed by atoms with Crippen LogP contribution in [0, 0.1) is 0 Å². The van der Waals surface area contributed by atoms with Gasteiger partial charge < -0.3 is 4.42 Å². The lowest BCUT2D eigenvalue weighted by molar-refractivity contribution is 0.669. The van der Waals surface area contributed by atoms with E-state index in [0.29, 0.717) is 0 Å². The summed E-state index contributed by atoms with van der Waals surface area (Å²) < 4.78 is 200. The number of fused-ring (bicyclic) bond motifs is 6. The summed E-state index contributed by atoms with van der Waals surface area (Å²) in [6.45, 7) is 0. The van der Waals surface area contributed by atoms with Crippen LogP contribution < -0.4 is 0 Å². The van der Waals surface area contributed by atoms with Crippen molar-refractivity contribution in [2.24, 2.45) is 0 Å². The molecule has 0 spiro atoms. The van der Waals surface area contributed by atoms with Crippen molar-refractivity contribution >= 4 is 54.3 Å². The Morgan fingerprint density at radius 3 is 1.63 bits per heavy atom. The molecule has 0 fully saturated rings. The van der Waals surface area contributed by atoms with E-state index in [1.54, 1.807) is 0 Å². The molecule has 1 aromatic heterocycles. The average molecular weight is 569 g/mol. The maximum Gasteiger partial charge on any atom is 0.136 e. The van der Waals surface area contributed by atoms with E-state index in [9.17, 15) is 8.22 Å². The summed E-state index contributed by atoms with van der Waals surface area (Å²) in [5.41, 5.74) is -2.07. The van der Waals surface area contributed by atoms with Gasteiger partial charge in [0.05, 0.1) is 30.2 Å². The Hall–Kier alpha value is -5.66. The molecular weight excluding hydrogens is 520 g/mol. The fourth-order valence-electron chi connectivity index (χ4n) is 5.47. The van der Waals surface area contributed by atoms with Crippen LogP contribution in [0.3, 0.4) is 0 Å². The van der Waals surface area contributed by atoms with Gasteiger partial charge in [-0.3, -0.25) is 0 Å². The van der Waals surface area contributed by atoms with Crippen molar-refractivity contribution in [1.82, 2.24) is 0 Å². The molecule has 9 rings (SSSR count). The van der Waals surface area contributed by atoms with Crippen molar-refractivity contribution in [2.75, 3.05) is 0 Å². The zero-order valence-corrected chi connectivity index (χ0v) is 21.7. The highest BCUT2D eigenvalue weighted by Gasteiger charge is 2.20. The van der Waals surface area contributed by atoms with Crippen molar-refractivity contribution < 1.29 is 34.6 Å². The predicted molar refractivity (Wildman–Crippen MR) is 183 cm³/mol. The van der Waals surface area contributed by atoms with Crippen LogP contribution in [0.5, 0.6) is 0 Å². The van der Waals surface area contributed by atoms with Crippen LogP contribution in [0.1, 0.15) is 30.2 Å². The van der Waals surface area contributed by atoms with E-state index >= 15 is 0 Å². The quantitative estimate of drug-likeness (QED) is 0.193. The van der Waals surface area contributed by atoms with Crippen LogP contribution in [0.4, 0.5) is 0 Å². The highest BCUT2D eigenvalue weighted by Crippen LogP contribution is 2.47. The minimum Gasteiger partial charge on any atom is -0.456 e. The lowest BCUT2D eigenvalue weighted by Crippen LogP contribution is -1.91. The summed E-state index contributed by atoms with van der Waals surface area (Å²) in [6.07, 6.45) is 0. The van der Waals surface area contributed by atoms with Crippen LogP contribution in [0.2, 0.25) is 0 Å². The van der Waals surface area contributed by atoms with Gasteiger partial charge >= 0.3 is 0 Å². The molecule has 200 valence electrons. The molecule has 8 aromatic carbocycles. The fraction of sp³-hybridized carbons (Fsp3) is 0. The first kappa shape index (κ1) is 10.9. The molecule has 0 atom stereocenters. The Morgan fingerprint density at radius 1 is 0.395 bits per heavy atom. The summed E-state index contributed by atoms with van der Waals surface area (Å²) in [6, 6.07) is -9.91. The Kier molecular flexibility index (Phi) is 2.39. The summed E-state index contributed by atoms with van der Waals surface area (Å²) in [7, 11) is 0. The smallest absolute Gasteiger partial charge is 0.136 e. The standard InChI is InChI=1S/C42H26O/c1-2-11-27(12-3-1)28-21-23-29(24-22-28)40-32-15-6-8-17-34(32)41(35-18-9-7-16-33(35)40)36-19-10-20-38-42(36)37-25-30-13-4-5-14-31(30)26-39(37)43-38/h1-26H/i1D,2D,3D,4D,5D,6D,7D,8D,9D,10D,11D,12D,13D,14D,15D,16D,17D,18D,19D,20D,25D,26D. The van der Waals surface area contributed by atoms with Gasteiger partial charge in [0.1, 0.15) is 11.2 Å². The Morgan fingerprint density at radius 2 is 0.953 bits per heavy atom. The molecule has 0 radical (unpaired) electrons. The third-order valence-electron chi connectivity index (χ3n) is 7.29. The zero-order valence-electron chi connectivity index (χ0n) is 43.7. The van der Waals surface area contributed by atoms with Crippen molar-refractivity contribution in [1.29, 1.82) is 0 Å². The van der Waals surface area contributed by atoms with Crippen LogP contribution in [-0.4, -0.2) is 0 Å².